The molecule has 0 radical (unpaired) electrons. The molecular formula is C3H10OP2. The van der Waals surface area contributed by atoms with Gasteiger partial charge in [0.25, 0.3) is 0 Å². The summed E-state index contributed by atoms with van der Waals surface area (Å²) >= 11 is 0. The summed E-state index contributed by atoms with van der Waals surface area (Å²) in [6, 6.07) is 0. The average Bonchev–Trinajstić information content (AvgIpc) is 1.61. The van der Waals surface area contributed by atoms with E-state index in [9.17, 15) is 0 Å². The molecule has 6 heavy (non-hydrogen) atoms. The minimum Gasteiger partial charge on any atom is -0.344 e. The molecule has 0 saturated heterocycles. The SMILES string of the molecule is CCPOPC. The Morgan fingerprint density at radius 3 is 2.50 bits per heavy atom. The molecule has 0 saturated carbocycles. The Bertz CT molecular complexity index is 20.8. The second-order valence-corrected chi connectivity index (χ2v) is 3.02. The first-order valence-electron chi connectivity index (χ1n) is 1.97. The molecule has 0 aliphatic heterocycles. The molecule has 38 valence electrons. The fraction of sp³-hybridized carbons (Fsp3) is 1.00. The molecule has 3 heteroatoms. The lowest BCUT2D eigenvalue weighted by molar-refractivity contribution is 0.728. The van der Waals surface area contributed by atoms with Gasteiger partial charge in [0.2, 0.25) is 0 Å². The van der Waals surface area contributed by atoms with E-state index in [1.807, 2.05) is 6.66 Å². The Labute approximate surface area is 42.6 Å². The highest BCUT2D eigenvalue weighted by Gasteiger charge is 1.72. The lowest BCUT2D eigenvalue weighted by Crippen LogP contribution is -1.56. The van der Waals surface area contributed by atoms with Crippen molar-refractivity contribution in [3.8, 4) is 0 Å². The van der Waals surface area contributed by atoms with Crippen LogP contribution in [-0.4, -0.2) is 12.8 Å². The summed E-state index contributed by atoms with van der Waals surface area (Å²) in [5.41, 5.74) is 0. The lowest BCUT2D eigenvalue weighted by atomic mass is 11.0. The van der Waals surface area contributed by atoms with Crippen molar-refractivity contribution in [1.29, 1.82) is 0 Å². The summed E-state index contributed by atoms with van der Waals surface area (Å²) in [6.07, 6.45) is 1.17. The van der Waals surface area contributed by atoms with E-state index in [1.54, 1.807) is 0 Å². The monoisotopic (exact) mass is 124 g/mol. The van der Waals surface area contributed by atoms with Crippen molar-refractivity contribution >= 4 is 17.6 Å². The predicted molar refractivity (Wildman–Crippen MR) is 34.2 cm³/mol. The molecule has 0 spiro atoms. The van der Waals surface area contributed by atoms with Crippen molar-refractivity contribution in [3.63, 3.8) is 0 Å². The van der Waals surface area contributed by atoms with Gasteiger partial charge in [-0.1, -0.05) is 6.92 Å². The van der Waals surface area contributed by atoms with Crippen molar-refractivity contribution in [1.82, 2.24) is 0 Å². The zero-order valence-electron chi connectivity index (χ0n) is 4.12. The van der Waals surface area contributed by atoms with Crippen molar-refractivity contribution in [2.24, 2.45) is 0 Å². The molecule has 2 atom stereocenters. The molecule has 0 heterocycles. The van der Waals surface area contributed by atoms with E-state index in [0.717, 1.165) is 8.81 Å². The Morgan fingerprint density at radius 2 is 2.33 bits per heavy atom. The average molecular weight is 124 g/mol. The minimum atomic E-state index is 0.677. The van der Waals surface area contributed by atoms with Gasteiger partial charge < -0.3 is 4.31 Å². The van der Waals surface area contributed by atoms with Crippen molar-refractivity contribution in [2.45, 2.75) is 6.92 Å². The highest BCUT2D eigenvalue weighted by Crippen LogP contribution is 2.21. The van der Waals surface area contributed by atoms with Gasteiger partial charge in [-0.3, -0.25) is 0 Å². The highest BCUT2D eigenvalue weighted by atomic mass is 31.2. The second-order valence-electron chi connectivity index (χ2n) is 0.804. The van der Waals surface area contributed by atoms with Gasteiger partial charge in [0.1, 0.15) is 0 Å². The molecule has 0 N–H and O–H groups in total. The number of rotatable bonds is 3. The second kappa shape index (κ2) is 5.82. The molecular weight excluding hydrogens is 114 g/mol. The zero-order chi connectivity index (χ0) is 4.83. The van der Waals surface area contributed by atoms with Crippen LogP contribution in [0.2, 0.25) is 0 Å². The number of hydrogen-bond donors (Lipinski definition) is 0. The molecule has 0 fully saturated rings. The van der Waals surface area contributed by atoms with E-state index in [0.29, 0.717) is 8.81 Å². The smallest absolute Gasteiger partial charge is 0.0190 e. The Kier molecular flexibility index (Phi) is 6.62. The maximum Gasteiger partial charge on any atom is 0.0190 e. The van der Waals surface area contributed by atoms with E-state index in [2.05, 4.69) is 6.92 Å². The minimum absolute atomic E-state index is 0.677. The fourth-order valence-electron chi connectivity index (χ4n) is 0.144. The zero-order valence-corrected chi connectivity index (χ0v) is 6.12. The molecule has 0 bridgehead atoms. The first-order valence-corrected chi connectivity index (χ1v) is 4.49. The van der Waals surface area contributed by atoms with E-state index < -0.39 is 0 Å². The van der Waals surface area contributed by atoms with Crippen molar-refractivity contribution < 1.29 is 4.31 Å². The fourth-order valence-corrected chi connectivity index (χ4v) is 1.30. The molecule has 0 amide bonds. The molecule has 0 aromatic carbocycles. The van der Waals surface area contributed by atoms with Crippen molar-refractivity contribution in [3.05, 3.63) is 0 Å². The van der Waals surface area contributed by atoms with Crippen LogP contribution in [0.4, 0.5) is 0 Å². The van der Waals surface area contributed by atoms with Gasteiger partial charge in [-0.05, 0) is 12.8 Å². The van der Waals surface area contributed by atoms with E-state index in [-0.39, 0.29) is 0 Å². The third kappa shape index (κ3) is 4.82. The van der Waals surface area contributed by atoms with Gasteiger partial charge in [0.15, 0.2) is 0 Å². The lowest BCUT2D eigenvalue weighted by Gasteiger charge is -1.91. The molecule has 0 aliphatic rings. The van der Waals surface area contributed by atoms with Crippen LogP contribution in [-0.2, 0) is 4.31 Å². The summed E-state index contributed by atoms with van der Waals surface area (Å²) < 4.78 is 5.04. The summed E-state index contributed by atoms with van der Waals surface area (Å²) in [6.45, 7) is 4.17. The van der Waals surface area contributed by atoms with E-state index >= 15 is 0 Å². The molecule has 2 unspecified atom stereocenters. The van der Waals surface area contributed by atoms with E-state index in [4.69, 9.17) is 4.31 Å². The number of hydrogen-bond acceptors (Lipinski definition) is 1. The molecule has 0 rings (SSSR count). The standard InChI is InChI=1S/C3H10OP2/c1-3-6-4-5-2/h5-6H,3H2,1-2H3. The van der Waals surface area contributed by atoms with Crippen LogP contribution < -0.4 is 0 Å². The van der Waals surface area contributed by atoms with Gasteiger partial charge >= 0.3 is 0 Å². The predicted octanol–water partition coefficient (Wildman–Crippen LogP) is 1.84. The third-order valence-electron chi connectivity index (χ3n) is 0.319. The van der Waals surface area contributed by atoms with Crippen LogP contribution in [0.25, 0.3) is 0 Å². The first kappa shape index (κ1) is 6.82. The normalized spacial score (nSPS) is 13.0. The van der Waals surface area contributed by atoms with Crippen LogP contribution in [0, 0.1) is 0 Å². The molecule has 1 nitrogen and oxygen atoms in total. The Morgan fingerprint density at radius 1 is 1.67 bits per heavy atom. The third-order valence-corrected chi connectivity index (χ3v) is 2.00. The first-order chi connectivity index (χ1) is 2.91. The van der Waals surface area contributed by atoms with Crippen molar-refractivity contribution in [2.75, 3.05) is 12.8 Å². The Hall–Kier alpha value is 0.820. The maximum atomic E-state index is 5.04. The summed E-state index contributed by atoms with van der Waals surface area (Å²) in [5, 5.41) is 0. The topological polar surface area (TPSA) is 9.23 Å². The van der Waals surface area contributed by atoms with Crippen LogP contribution in [0.15, 0.2) is 0 Å². The highest BCUT2D eigenvalue weighted by molar-refractivity contribution is 7.45. The van der Waals surface area contributed by atoms with Gasteiger partial charge in [0, 0.05) is 17.6 Å². The van der Waals surface area contributed by atoms with Crippen LogP contribution in [0.5, 0.6) is 0 Å². The summed E-state index contributed by atoms with van der Waals surface area (Å²) in [4.78, 5) is 0. The summed E-state index contributed by atoms with van der Waals surface area (Å²) in [5.74, 6) is 0. The Balaban J connectivity index is 2.34. The van der Waals surface area contributed by atoms with Crippen LogP contribution in [0.1, 0.15) is 6.92 Å². The van der Waals surface area contributed by atoms with Crippen LogP contribution in [0.3, 0.4) is 0 Å². The van der Waals surface area contributed by atoms with Gasteiger partial charge in [0.05, 0.1) is 0 Å². The van der Waals surface area contributed by atoms with E-state index in [1.165, 1.54) is 6.16 Å². The van der Waals surface area contributed by atoms with Gasteiger partial charge in [-0.2, -0.15) is 0 Å². The van der Waals surface area contributed by atoms with Gasteiger partial charge in [-0.25, -0.2) is 0 Å². The molecule has 0 aromatic heterocycles. The molecule has 0 aromatic rings. The van der Waals surface area contributed by atoms with Crippen LogP contribution >= 0.6 is 17.6 Å². The largest absolute Gasteiger partial charge is 0.344 e. The quantitative estimate of drug-likeness (QED) is 0.412. The maximum absolute atomic E-state index is 5.04. The summed E-state index contributed by atoms with van der Waals surface area (Å²) in [7, 11) is 1.40. The molecule has 0 aliphatic carbocycles. The van der Waals surface area contributed by atoms with Gasteiger partial charge in [-0.15, -0.1) is 0 Å².